The van der Waals surface area contributed by atoms with Crippen LogP contribution in [-0.2, 0) is 0 Å². The Balaban J connectivity index is 1.44. The van der Waals surface area contributed by atoms with Crippen molar-refractivity contribution in [3.63, 3.8) is 0 Å². The Kier molecular flexibility index (Phi) is 7.19. The summed E-state index contributed by atoms with van der Waals surface area (Å²) in [5.74, 6) is 0.589. The highest BCUT2D eigenvalue weighted by Crippen LogP contribution is 2.25. The number of pyridine rings is 2. The number of nitrogens with one attached hydrogen (secondary N) is 3. The Bertz CT molecular complexity index is 1390. The zero-order valence-corrected chi connectivity index (χ0v) is 19.8. The zero-order chi connectivity index (χ0) is 25.7. The average Bonchev–Trinajstić information content (AvgIpc) is 3.29. The average molecular weight is 490 g/mol. The highest BCUT2D eigenvalue weighted by atomic mass is 19.1. The van der Waals surface area contributed by atoms with Crippen molar-refractivity contribution >= 4 is 23.4 Å². The summed E-state index contributed by atoms with van der Waals surface area (Å²) in [5.41, 5.74) is 1.86. The highest BCUT2D eigenvalue weighted by Gasteiger charge is 2.15. The topological polar surface area (TPSA) is 123 Å². The summed E-state index contributed by atoms with van der Waals surface area (Å²) >= 11 is 0. The molecule has 3 aromatic heterocycles. The number of nitrogens with zero attached hydrogens (tertiary/aromatic N) is 4. The fourth-order valence-electron chi connectivity index (χ4n) is 3.23. The second-order valence-corrected chi connectivity index (χ2v) is 8.04. The number of urea groups is 1. The molecule has 3 N–H and O–H groups in total. The van der Waals surface area contributed by atoms with Crippen LogP contribution < -0.4 is 20.7 Å². The van der Waals surface area contributed by atoms with E-state index in [0.29, 0.717) is 28.7 Å². The van der Waals surface area contributed by atoms with Crippen LogP contribution in [0.5, 0.6) is 11.5 Å². The minimum atomic E-state index is -0.511. The fraction of sp³-hybridized carbons (Fsp3) is 0.160. The summed E-state index contributed by atoms with van der Waals surface area (Å²) < 4.78 is 20.9. The first-order valence-electron chi connectivity index (χ1n) is 11.1. The molecule has 0 fully saturated rings. The van der Waals surface area contributed by atoms with E-state index in [0.717, 1.165) is 11.9 Å². The summed E-state index contributed by atoms with van der Waals surface area (Å²) in [6.45, 7) is 3.94. The van der Waals surface area contributed by atoms with E-state index in [1.54, 1.807) is 36.4 Å². The number of halogens is 1. The molecule has 4 rings (SSSR count). The van der Waals surface area contributed by atoms with Crippen molar-refractivity contribution in [1.82, 2.24) is 25.1 Å². The minimum absolute atomic E-state index is 0.0942. The predicted octanol–water partition coefficient (Wildman–Crippen LogP) is 4.72. The van der Waals surface area contributed by atoms with Gasteiger partial charge in [-0.2, -0.15) is 5.10 Å². The van der Waals surface area contributed by atoms with Crippen LogP contribution in [0.2, 0.25) is 0 Å². The van der Waals surface area contributed by atoms with Crippen molar-refractivity contribution in [2.75, 3.05) is 17.7 Å². The molecule has 1 aromatic carbocycles. The molecule has 11 heteroatoms. The van der Waals surface area contributed by atoms with Gasteiger partial charge in [-0.25, -0.2) is 13.9 Å². The van der Waals surface area contributed by atoms with Gasteiger partial charge in [0.1, 0.15) is 28.8 Å². The molecule has 184 valence electrons. The van der Waals surface area contributed by atoms with E-state index in [-0.39, 0.29) is 17.5 Å². The summed E-state index contributed by atoms with van der Waals surface area (Å²) in [7, 11) is 1.52. The van der Waals surface area contributed by atoms with Gasteiger partial charge in [-0.1, -0.05) is 13.8 Å². The fourth-order valence-corrected chi connectivity index (χ4v) is 3.23. The highest BCUT2D eigenvalue weighted by molar-refractivity contribution is 5.99. The molecule has 36 heavy (non-hydrogen) atoms. The smallest absolute Gasteiger partial charge is 0.324 e. The first-order valence-corrected chi connectivity index (χ1v) is 11.1. The number of carbonyl (C=O) groups excluding carboxylic acids is 2. The minimum Gasteiger partial charge on any atom is -0.457 e. The van der Waals surface area contributed by atoms with Crippen LogP contribution in [0.15, 0.2) is 67.1 Å². The third-order valence-electron chi connectivity index (χ3n) is 5.04. The Morgan fingerprint density at radius 3 is 2.47 bits per heavy atom. The second kappa shape index (κ2) is 10.6. The van der Waals surface area contributed by atoms with E-state index in [4.69, 9.17) is 4.74 Å². The Hall–Kier alpha value is -4.80. The van der Waals surface area contributed by atoms with Crippen molar-refractivity contribution in [3.8, 4) is 17.2 Å². The first-order chi connectivity index (χ1) is 17.3. The van der Waals surface area contributed by atoms with Crippen molar-refractivity contribution in [2.45, 2.75) is 19.8 Å². The van der Waals surface area contributed by atoms with Gasteiger partial charge in [0.15, 0.2) is 0 Å². The van der Waals surface area contributed by atoms with Crippen molar-refractivity contribution < 1.29 is 18.7 Å². The van der Waals surface area contributed by atoms with Crippen LogP contribution in [0, 0.1) is 5.82 Å². The summed E-state index contributed by atoms with van der Waals surface area (Å²) in [6.07, 6.45) is 4.04. The van der Waals surface area contributed by atoms with E-state index < -0.39 is 11.8 Å². The van der Waals surface area contributed by atoms with E-state index in [1.165, 1.54) is 36.3 Å². The lowest BCUT2D eigenvalue weighted by atomic mass is 10.1. The third kappa shape index (κ3) is 5.81. The molecule has 0 aliphatic carbocycles. The number of anilines is 2. The molecule has 0 saturated heterocycles. The van der Waals surface area contributed by atoms with Crippen molar-refractivity contribution in [2.24, 2.45) is 0 Å². The van der Waals surface area contributed by atoms with Gasteiger partial charge < -0.3 is 15.4 Å². The molecule has 0 radical (unpaired) electrons. The normalized spacial score (nSPS) is 10.7. The molecule has 4 aromatic rings. The zero-order valence-electron chi connectivity index (χ0n) is 19.8. The van der Waals surface area contributed by atoms with Crippen molar-refractivity contribution in [1.29, 1.82) is 0 Å². The lowest BCUT2D eigenvalue weighted by Crippen LogP contribution is -2.21. The van der Waals surface area contributed by atoms with Gasteiger partial charge in [-0.15, -0.1) is 0 Å². The molecule has 0 aliphatic heterocycles. The summed E-state index contributed by atoms with van der Waals surface area (Å²) in [5, 5.41) is 12.5. The van der Waals surface area contributed by atoms with Gasteiger partial charge in [0.2, 0.25) is 0 Å². The second-order valence-electron chi connectivity index (χ2n) is 8.04. The monoisotopic (exact) mass is 489 g/mol. The van der Waals surface area contributed by atoms with E-state index in [2.05, 4.69) is 31.0 Å². The Morgan fingerprint density at radius 2 is 1.78 bits per heavy atom. The lowest BCUT2D eigenvalue weighted by molar-refractivity contribution is 0.0958. The Labute approximate surface area is 206 Å². The predicted molar refractivity (Wildman–Crippen MR) is 132 cm³/mol. The van der Waals surface area contributed by atoms with E-state index >= 15 is 0 Å². The number of amides is 3. The van der Waals surface area contributed by atoms with Crippen LogP contribution >= 0.6 is 0 Å². The SMILES string of the molecule is CNC(=O)c1cc(Oc2ccc(NC(=O)Nc3cc(C(C)C)nn3-c3cncc(F)c3)cc2)ccn1. The van der Waals surface area contributed by atoms with Gasteiger partial charge in [0, 0.05) is 37.1 Å². The number of aromatic nitrogens is 4. The maximum atomic E-state index is 13.7. The molecule has 0 bridgehead atoms. The molecule has 0 aliphatic rings. The largest absolute Gasteiger partial charge is 0.457 e. The summed E-state index contributed by atoms with van der Waals surface area (Å²) in [6, 6.07) is 12.4. The number of hydrogen-bond acceptors (Lipinski definition) is 6. The molecule has 3 amide bonds. The number of benzene rings is 1. The molecular formula is C25H24FN7O3. The van der Waals surface area contributed by atoms with E-state index in [9.17, 15) is 14.0 Å². The van der Waals surface area contributed by atoms with Crippen LogP contribution in [0.3, 0.4) is 0 Å². The molecule has 10 nitrogen and oxygen atoms in total. The molecule has 0 spiro atoms. The van der Waals surface area contributed by atoms with Crippen LogP contribution in [0.4, 0.5) is 20.7 Å². The first kappa shape index (κ1) is 24.3. The summed E-state index contributed by atoms with van der Waals surface area (Å²) in [4.78, 5) is 32.3. The van der Waals surface area contributed by atoms with Crippen LogP contribution in [0.25, 0.3) is 5.69 Å². The molecule has 0 atom stereocenters. The Morgan fingerprint density at radius 1 is 1.00 bits per heavy atom. The molecule has 0 saturated carbocycles. The van der Waals surface area contributed by atoms with Gasteiger partial charge in [-0.3, -0.25) is 20.1 Å². The quantitative estimate of drug-likeness (QED) is 0.345. The van der Waals surface area contributed by atoms with Gasteiger partial charge in [0.05, 0.1) is 23.8 Å². The van der Waals surface area contributed by atoms with Crippen LogP contribution in [0.1, 0.15) is 35.9 Å². The number of ether oxygens (including phenoxy) is 1. The van der Waals surface area contributed by atoms with Crippen molar-refractivity contribution in [3.05, 3.63) is 84.3 Å². The maximum absolute atomic E-state index is 13.7. The molecule has 3 heterocycles. The van der Waals surface area contributed by atoms with Gasteiger partial charge >= 0.3 is 6.03 Å². The van der Waals surface area contributed by atoms with Crippen LogP contribution in [-0.4, -0.2) is 38.7 Å². The standard InChI is InChI=1S/C25H24FN7O3/c1-15(2)21-12-23(33(32-21)18-10-16(26)13-28-14-18)31-25(35)30-17-4-6-19(7-5-17)36-20-8-9-29-22(11-20)24(34)27-3/h4-15H,1-3H3,(H,27,34)(H2,30,31,35). The molecule has 0 unspecified atom stereocenters. The number of hydrogen-bond donors (Lipinski definition) is 3. The number of rotatable bonds is 7. The number of carbonyl (C=O) groups is 2. The van der Waals surface area contributed by atoms with E-state index in [1.807, 2.05) is 13.8 Å². The van der Waals surface area contributed by atoms with Gasteiger partial charge in [-0.05, 0) is 36.2 Å². The third-order valence-corrected chi connectivity index (χ3v) is 5.04. The lowest BCUT2D eigenvalue weighted by Gasteiger charge is -2.11. The maximum Gasteiger partial charge on any atom is 0.324 e. The molecular weight excluding hydrogens is 465 g/mol. The van der Waals surface area contributed by atoms with Gasteiger partial charge in [0.25, 0.3) is 5.91 Å².